The van der Waals surface area contributed by atoms with E-state index in [0.717, 1.165) is 29.1 Å². The maximum absolute atomic E-state index is 14.2. The first kappa shape index (κ1) is 43.7. The Hall–Kier alpha value is -2.72. The van der Waals surface area contributed by atoms with E-state index in [9.17, 15) is 9.90 Å². The normalized spacial score (nSPS) is 15.7. The third kappa shape index (κ3) is 13.0. The van der Waals surface area contributed by atoms with Gasteiger partial charge in [-0.2, -0.15) is 0 Å². The molecule has 0 aromatic heterocycles. The molecule has 0 bridgehead atoms. The molecule has 52 heavy (non-hydrogen) atoms. The number of anilines is 2. The summed E-state index contributed by atoms with van der Waals surface area (Å²) in [6, 6.07) is 15.7. The summed E-state index contributed by atoms with van der Waals surface area (Å²) in [5.74, 6) is 0.733. The second-order valence-corrected chi connectivity index (χ2v) is 13.4. The Kier molecular flexibility index (Phi) is 21.3. The first-order chi connectivity index (χ1) is 25.5. The number of ketones is 1. The zero-order chi connectivity index (χ0) is 37.4. The molecule has 1 atom stereocenters. The Morgan fingerprint density at radius 3 is 1.31 bits per heavy atom. The van der Waals surface area contributed by atoms with Crippen LogP contribution in [0.1, 0.15) is 24.5 Å². The number of hydrogen-bond acceptors (Lipinski definition) is 13. The largest absolute Gasteiger partial charge is 0.509 e. The molecule has 2 aromatic rings. The fourth-order valence-corrected chi connectivity index (χ4v) is 6.96. The number of aliphatic hydroxyl groups excluding tert-OH is 1. The summed E-state index contributed by atoms with van der Waals surface area (Å²) < 4.78 is 42.2. The summed E-state index contributed by atoms with van der Waals surface area (Å²) in [5, 5.41) is 11.7. The highest BCUT2D eigenvalue weighted by molar-refractivity contribution is 8.01. The van der Waals surface area contributed by atoms with Gasteiger partial charge in [0.2, 0.25) is 0 Å². The van der Waals surface area contributed by atoms with Crippen molar-refractivity contribution in [2.75, 3.05) is 149 Å². The lowest BCUT2D eigenvalue weighted by atomic mass is 9.74. The molecule has 0 aliphatic heterocycles. The van der Waals surface area contributed by atoms with Crippen LogP contribution < -0.4 is 9.80 Å². The van der Waals surface area contributed by atoms with Crippen molar-refractivity contribution in [2.45, 2.75) is 18.1 Å². The summed E-state index contributed by atoms with van der Waals surface area (Å²) in [6.07, 6.45) is 0.870. The lowest BCUT2D eigenvalue weighted by Crippen LogP contribution is -2.45. The molecule has 0 radical (unpaired) electrons. The maximum Gasteiger partial charge on any atom is 0.195 e. The molecule has 292 valence electrons. The van der Waals surface area contributed by atoms with E-state index in [-0.39, 0.29) is 11.5 Å². The highest BCUT2D eigenvalue weighted by Crippen LogP contribution is 2.55. The molecule has 13 heteroatoms. The van der Waals surface area contributed by atoms with E-state index in [2.05, 4.69) is 16.7 Å². The number of allylic oxidation sites excluding steroid dienone is 1. The van der Waals surface area contributed by atoms with E-state index in [0.29, 0.717) is 117 Å². The quantitative estimate of drug-likeness (QED) is 0.106. The summed E-state index contributed by atoms with van der Waals surface area (Å²) in [4.78, 5) is 18.6. The van der Waals surface area contributed by atoms with Crippen molar-refractivity contribution >= 4 is 34.5 Å². The number of carbonyl (C=O) groups excluding carboxylic acids is 1. The molecule has 1 aliphatic carbocycles. The number of methoxy groups -OCH3 is 4. The Labute approximate surface area is 314 Å². The molecule has 3 rings (SSSR count). The van der Waals surface area contributed by atoms with Crippen molar-refractivity contribution in [3.05, 3.63) is 65.4 Å². The molecule has 1 N–H and O–H groups in total. The van der Waals surface area contributed by atoms with Crippen molar-refractivity contribution in [2.24, 2.45) is 0 Å². The Balaban J connectivity index is 1.80. The van der Waals surface area contributed by atoms with Gasteiger partial charge in [-0.15, -0.1) is 11.8 Å². The minimum Gasteiger partial charge on any atom is -0.509 e. The number of Topliss-reactive ketones (excluding diaryl/α,β-unsaturated/α-hetero) is 1. The van der Waals surface area contributed by atoms with E-state index in [4.69, 9.17) is 37.9 Å². The number of carbonyl (C=O) groups is 1. The van der Waals surface area contributed by atoms with Crippen LogP contribution in [0.5, 0.6) is 0 Å². The van der Waals surface area contributed by atoms with Gasteiger partial charge in [-0.05, 0) is 47.6 Å². The zero-order valence-corrected chi connectivity index (χ0v) is 32.6. The lowest BCUT2D eigenvalue weighted by molar-refractivity contribution is -0.118. The molecular weight excluding hydrogens is 689 g/mol. The van der Waals surface area contributed by atoms with Crippen molar-refractivity contribution in [1.82, 2.24) is 0 Å². The second-order valence-electron chi connectivity index (χ2n) is 12.1. The van der Waals surface area contributed by atoms with E-state index >= 15 is 0 Å². The molecule has 2 aromatic carbocycles. The van der Waals surface area contributed by atoms with Gasteiger partial charge in [-0.1, -0.05) is 31.2 Å². The van der Waals surface area contributed by atoms with Crippen LogP contribution in [0, 0.1) is 0 Å². The average Bonchev–Trinajstić information content (AvgIpc) is 3.17. The van der Waals surface area contributed by atoms with Crippen LogP contribution in [0.2, 0.25) is 0 Å². The number of thioether (sulfide) groups is 1. The molecule has 0 saturated heterocycles. The predicted octanol–water partition coefficient (Wildman–Crippen LogP) is 4.84. The van der Waals surface area contributed by atoms with Crippen molar-refractivity contribution in [1.29, 1.82) is 0 Å². The third-order valence-corrected chi connectivity index (χ3v) is 10.2. The average molecular weight is 749 g/mol. The number of hydrogen-bond donors (Lipinski definition) is 1. The molecule has 0 heterocycles. The van der Waals surface area contributed by atoms with E-state index in [1.165, 1.54) is 11.8 Å². The highest BCUT2D eigenvalue weighted by atomic mass is 32.2. The summed E-state index contributed by atoms with van der Waals surface area (Å²) in [6.45, 7) is 11.1. The van der Waals surface area contributed by atoms with Gasteiger partial charge in [0.1, 0.15) is 5.76 Å². The molecule has 0 spiro atoms. The van der Waals surface area contributed by atoms with Gasteiger partial charge >= 0.3 is 0 Å². The smallest absolute Gasteiger partial charge is 0.195 e. The highest BCUT2D eigenvalue weighted by Gasteiger charge is 2.56. The van der Waals surface area contributed by atoms with E-state index in [1.54, 1.807) is 28.4 Å². The molecule has 0 saturated carbocycles. The van der Waals surface area contributed by atoms with Crippen LogP contribution >= 0.6 is 11.8 Å². The second kappa shape index (κ2) is 25.3. The molecular formula is C39H60N2O10S. The molecule has 0 fully saturated rings. The van der Waals surface area contributed by atoms with Gasteiger partial charge in [0.05, 0.1) is 84.9 Å². The first-order valence-corrected chi connectivity index (χ1v) is 19.1. The van der Waals surface area contributed by atoms with Gasteiger partial charge in [-0.25, -0.2) is 0 Å². The van der Waals surface area contributed by atoms with E-state index in [1.807, 2.05) is 48.5 Å². The minimum absolute atomic E-state index is 0.0890. The van der Waals surface area contributed by atoms with Gasteiger partial charge in [0.15, 0.2) is 10.5 Å². The Bertz CT molecular complexity index is 1270. The molecule has 1 aliphatic rings. The Morgan fingerprint density at radius 1 is 0.577 bits per heavy atom. The fraction of sp³-hybridized carbons (Fsp3) is 0.615. The van der Waals surface area contributed by atoms with Crippen LogP contribution in [-0.2, 0) is 47.4 Å². The van der Waals surface area contributed by atoms with E-state index < -0.39 is 4.75 Å². The van der Waals surface area contributed by atoms with Crippen LogP contribution in [0.4, 0.5) is 11.4 Å². The zero-order valence-electron chi connectivity index (χ0n) is 31.8. The van der Waals surface area contributed by atoms with Crippen LogP contribution in [-0.4, -0.2) is 151 Å². The van der Waals surface area contributed by atoms with Crippen LogP contribution in [0.15, 0.2) is 54.3 Å². The van der Waals surface area contributed by atoms with Gasteiger partial charge in [-0.3, -0.25) is 4.79 Å². The topological polar surface area (TPSA) is 118 Å². The number of benzene rings is 2. The molecule has 12 nitrogen and oxygen atoms in total. The first-order valence-electron chi connectivity index (χ1n) is 18.1. The number of ether oxygens (including phenoxy) is 8. The van der Waals surface area contributed by atoms with Crippen LogP contribution in [0.3, 0.4) is 0 Å². The van der Waals surface area contributed by atoms with Crippen molar-refractivity contribution < 1.29 is 47.8 Å². The summed E-state index contributed by atoms with van der Waals surface area (Å²) >= 11 is 1.48. The SMILES string of the molecule is CCCSC1(c2ccc(N(CCOCCOC)CCOCCOC)cc2)C(=O)C(c2ccc(N(CCOCCOC)CCOCCOC)cc2)=C1O. The van der Waals surface area contributed by atoms with Crippen molar-refractivity contribution in [3.63, 3.8) is 0 Å². The molecule has 0 amide bonds. The Morgan fingerprint density at radius 2 is 0.962 bits per heavy atom. The van der Waals surface area contributed by atoms with Crippen molar-refractivity contribution in [3.8, 4) is 0 Å². The number of rotatable bonds is 31. The predicted molar refractivity (Wildman–Crippen MR) is 207 cm³/mol. The standard InChI is InChI=1S/C39H60N2O10S/c1-6-31-52-39(33-9-13-35(14-10-33)41(17-21-50-29-25-46-4)18-22-51-30-26-47-5)37(42)36(38(39)43)32-7-11-34(12-8-32)40(15-19-48-27-23-44-2)16-20-49-28-24-45-3/h7-14,42H,6,15-31H2,1-5H3. The third-order valence-electron chi connectivity index (χ3n) is 8.55. The fourth-order valence-electron chi connectivity index (χ4n) is 5.67. The van der Waals surface area contributed by atoms with Gasteiger partial charge < -0.3 is 52.8 Å². The monoisotopic (exact) mass is 748 g/mol. The lowest BCUT2D eigenvalue weighted by Gasteiger charge is -2.41. The number of aliphatic hydroxyl groups is 1. The summed E-state index contributed by atoms with van der Waals surface area (Å²) in [5.41, 5.74) is 3.77. The number of nitrogens with zero attached hydrogens (tertiary/aromatic N) is 2. The summed E-state index contributed by atoms with van der Waals surface area (Å²) in [7, 11) is 6.61. The van der Waals surface area contributed by atoms with Crippen LogP contribution in [0.25, 0.3) is 5.57 Å². The molecule has 1 unspecified atom stereocenters. The van der Waals surface area contributed by atoms with Gasteiger partial charge in [0, 0.05) is 66.0 Å². The minimum atomic E-state index is -1.15. The maximum atomic E-state index is 14.2. The van der Waals surface area contributed by atoms with Gasteiger partial charge in [0.25, 0.3) is 0 Å².